The SMILES string of the molecule is CN(C)c1ccc(CN2CCCC(Cc3nc4ccccc4[nH]3)C2)cn1. The first-order valence-electron chi connectivity index (χ1n) is 9.45. The molecule has 3 aromatic rings. The maximum Gasteiger partial charge on any atom is 0.127 e. The molecule has 1 aliphatic rings. The number of H-pyrrole nitrogens is 1. The number of aromatic amines is 1. The molecule has 2 aromatic heterocycles. The van der Waals surface area contributed by atoms with E-state index in [9.17, 15) is 0 Å². The molecule has 1 fully saturated rings. The lowest BCUT2D eigenvalue weighted by Gasteiger charge is -2.32. The number of pyridine rings is 1. The van der Waals surface area contributed by atoms with Crippen LogP contribution in [0, 0.1) is 5.92 Å². The number of piperidine rings is 1. The van der Waals surface area contributed by atoms with E-state index in [0.717, 1.165) is 42.2 Å². The van der Waals surface area contributed by atoms with Crippen LogP contribution in [0.4, 0.5) is 5.82 Å². The molecular formula is C21H27N5. The summed E-state index contributed by atoms with van der Waals surface area (Å²) in [5.74, 6) is 2.79. The van der Waals surface area contributed by atoms with Gasteiger partial charge in [-0.2, -0.15) is 0 Å². The summed E-state index contributed by atoms with van der Waals surface area (Å²) in [6.07, 6.45) is 5.58. The quantitative estimate of drug-likeness (QED) is 0.766. The standard InChI is InChI=1S/C21H27N5/c1-25(2)21-10-9-17(13-22-21)15-26-11-5-6-16(14-26)12-20-23-18-7-3-4-8-19(18)24-20/h3-4,7-10,13,16H,5-6,11-12,14-15H2,1-2H3,(H,23,24). The molecule has 1 saturated heterocycles. The molecule has 4 rings (SSSR count). The summed E-state index contributed by atoms with van der Waals surface area (Å²) >= 11 is 0. The van der Waals surface area contributed by atoms with Crippen molar-refractivity contribution in [2.75, 3.05) is 32.1 Å². The molecule has 0 bridgehead atoms. The number of imidazole rings is 1. The van der Waals surface area contributed by atoms with Crippen molar-refractivity contribution in [2.45, 2.75) is 25.8 Å². The third-order valence-electron chi connectivity index (χ3n) is 5.20. The molecule has 0 spiro atoms. The molecule has 136 valence electrons. The minimum atomic E-state index is 0.665. The van der Waals surface area contributed by atoms with Crippen LogP contribution in [0.3, 0.4) is 0 Å². The Morgan fingerprint density at radius 1 is 1.19 bits per heavy atom. The molecule has 0 radical (unpaired) electrons. The first-order valence-corrected chi connectivity index (χ1v) is 9.45. The van der Waals surface area contributed by atoms with E-state index < -0.39 is 0 Å². The number of nitrogens with one attached hydrogen (secondary N) is 1. The van der Waals surface area contributed by atoms with Crippen LogP contribution in [-0.2, 0) is 13.0 Å². The van der Waals surface area contributed by atoms with Gasteiger partial charge >= 0.3 is 0 Å². The van der Waals surface area contributed by atoms with Gasteiger partial charge in [0, 0.05) is 39.8 Å². The number of likely N-dealkylation sites (tertiary alicyclic amines) is 1. The molecule has 0 saturated carbocycles. The first kappa shape index (κ1) is 17.0. The van der Waals surface area contributed by atoms with Crippen molar-refractivity contribution in [2.24, 2.45) is 5.92 Å². The molecule has 1 atom stereocenters. The Morgan fingerprint density at radius 3 is 2.85 bits per heavy atom. The molecule has 0 amide bonds. The number of nitrogens with zero attached hydrogens (tertiary/aromatic N) is 4. The predicted molar refractivity (Wildman–Crippen MR) is 106 cm³/mol. The maximum atomic E-state index is 4.75. The van der Waals surface area contributed by atoms with Gasteiger partial charge in [-0.05, 0) is 49.1 Å². The van der Waals surface area contributed by atoms with E-state index in [1.165, 1.54) is 24.9 Å². The zero-order valence-electron chi connectivity index (χ0n) is 15.7. The monoisotopic (exact) mass is 349 g/mol. The highest BCUT2D eigenvalue weighted by Crippen LogP contribution is 2.23. The number of hydrogen-bond acceptors (Lipinski definition) is 4. The van der Waals surface area contributed by atoms with Crippen LogP contribution in [0.1, 0.15) is 24.2 Å². The number of rotatable bonds is 5. The highest BCUT2D eigenvalue weighted by atomic mass is 15.1. The zero-order valence-corrected chi connectivity index (χ0v) is 15.7. The number of aromatic nitrogens is 3. The minimum Gasteiger partial charge on any atom is -0.363 e. The lowest BCUT2D eigenvalue weighted by Crippen LogP contribution is -2.35. The van der Waals surface area contributed by atoms with Gasteiger partial charge in [0.1, 0.15) is 11.6 Å². The van der Waals surface area contributed by atoms with Gasteiger partial charge in [-0.1, -0.05) is 18.2 Å². The average Bonchev–Trinajstić information content (AvgIpc) is 3.04. The first-order chi connectivity index (χ1) is 12.7. The van der Waals surface area contributed by atoms with Crippen LogP contribution in [0.2, 0.25) is 0 Å². The summed E-state index contributed by atoms with van der Waals surface area (Å²) in [4.78, 5) is 17.4. The van der Waals surface area contributed by atoms with Crippen molar-refractivity contribution in [1.29, 1.82) is 0 Å². The molecular weight excluding hydrogens is 322 g/mol. The molecule has 1 N–H and O–H groups in total. The summed E-state index contributed by atoms with van der Waals surface area (Å²) in [7, 11) is 4.05. The highest BCUT2D eigenvalue weighted by Gasteiger charge is 2.21. The molecule has 26 heavy (non-hydrogen) atoms. The second kappa shape index (κ2) is 7.46. The van der Waals surface area contributed by atoms with Crippen molar-refractivity contribution in [3.8, 4) is 0 Å². The Morgan fingerprint density at radius 2 is 2.08 bits per heavy atom. The number of hydrogen-bond donors (Lipinski definition) is 1. The van der Waals surface area contributed by atoms with Gasteiger partial charge in [0.2, 0.25) is 0 Å². The Balaban J connectivity index is 1.37. The van der Waals surface area contributed by atoms with Gasteiger partial charge in [-0.3, -0.25) is 4.90 Å². The van der Waals surface area contributed by atoms with E-state index in [2.05, 4.69) is 45.2 Å². The normalized spacial score (nSPS) is 18.3. The molecule has 5 heteroatoms. The van der Waals surface area contributed by atoms with Crippen LogP contribution in [0.25, 0.3) is 11.0 Å². The lowest BCUT2D eigenvalue weighted by atomic mass is 9.94. The third-order valence-corrected chi connectivity index (χ3v) is 5.20. The van der Waals surface area contributed by atoms with Crippen molar-refractivity contribution in [3.63, 3.8) is 0 Å². The molecule has 1 aliphatic heterocycles. The van der Waals surface area contributed by atoms with E-state index in [0.29, 0.717) is 5.92 Å². The molecule has 1 unspecified atom stereocenters. The maximum absolute atomic E-state index is 4.75. The Bertz CT molecular complexity index is 819. The van der Waals surface area contributed by atoms with Crippen molar-refractivity contribution < 1.29 is 0 Å². The largest absolute Gasteiger partial charge is 0.363 e. The predicted octanol–water partition coefficient (Wildman–Crippen LogP) is 3.48. The number of para-hydroxylation sites is 2. The number of fused-ring (bicyclic) bond motifs is 1. The molecule has 3 heterocycles. The summed E-state index contributed by atoms with van der Waals surface area (Å²) in [5.41, 5.74) is 3.50. The van der Waals surface area contributed by atoms with Gasteiger partial charge in [0.15, 0.2) is 0 Å². The average molecular weight is 349 g/mol. The number of anilines is 1. The second-order valence-corrected chi connectivity index (χ2v) is 7.57. The fourth-order valence-electron chi connectivity index (χ4n) is 3.87. The van der Waals surface area contributed by atoms with E-state index in [1.807, 2.05) is 31.3 Å². The van der Waals surface area contributed by atoms with Crippen molar-refractivity contribution >= 4 is 16.9 Å². The van der Waals surface area contributed by atoms with Gasteiger partial charge < -0.3 is 9.88 Å². The molecule has 5 nitrogen and oxygen atoms in total. The van der Waals surface area contributed by atoms with Crippen molar-refractivity contribution in [3.05, 3.63) is 54.0 Å². The molecule has 0 aliphatic carbocycles. The van der Waals surface area contributed by atoms with Gasteiger partial charge in [0.05, 0.1) is 11.0 Å². The molecule has 1 aromatic carbocycles. The van der Waals surface area contributed by atoms with Gasteiger partial charge in [0.25, 0.3) is 0 Å². The Labute approximate surface area is 155 Å². The highest BCUT2D eigenvalue weighted by molar-refractivity contribution is 5.74. The van der Waals surface area contributed by atoms with E-state index in [-0.39, 0.29) is 0 Å². The van der Waals surface area contributed by atoms with Crippen LogP contribution >= 0.6 is 0 Å². The van der Waals surface area contributed by atoms with E-state index in [1.54, 1.807) is 0 Å². The van der Waals surface area contributed by atoms with Gasteiger partial charge in [-0.25, -0.2) is 9.97 Å². The second-order valence-electron chi connectivity index (χ2n) is 7.57. The van der Waals surface area contributed by atoms with Crippen LogP contribution in [0.5, 0.6) is 0 Å². The topological polar surface area (TPSA) is 48.0 Å². The van der Waals surface area contributed by atoms with Crippen LogP contribution in [-0.4, -0.2) is 47.0 Å². The fourth-order valence-corrected chi connectivity index (χ4v) is 3.87. The number of benzene rings is 1. The van der Waals surface area contributed by atoms with Crippen LogP contribution in [0.15, 0.2) is 42.6 Å². The minimum absolute atomic E-state index is 0.665. The van der Waals surface area contributed by atoms with Crippen LogP contribution < -0.4 is 4.90 Å². The summed E-state index contributed by atoms with van der Waals surface area (Å²) in [5, 5.41) is 0. The van der Waals surface area contributed by atoms with Gasteiger partial charge in [-0.15, -0.1) is 0 Å². The summed E-state index contributed by atoms with van der Waals surface area (Å²) < 4.78 is 0. The van der Waals surface area contributed by atoms with E-state index >= 15 is 0 Å². The summed E-state index contributed by atoms with van der Waals surface area (Å²) in [6, 6.07) is 12.6. The van der Waals surface area contributed by atoms with E-state index in [4.69, 9.17) is 4.98 Å². The third kappa shape index (κ3) is 3.88. The Kier molecular flexibility index (Phi) is 4.89. The Hall–Kier alpha value is -2.40. The van der Waals surface area contributed by atoms with Crippen molar-refractivity contribution in [1.82, 2.24) is 19.9 Å². The fraction of sp³-hybridized carbons (Fsp3) is 0.429. The summed E-state index contributed by atoms with van der Waals surface area (Å²) in [6.45, 7) is 3.29. The smallest absolute Gasteiger partial charge is 0.127 e. The lowest BCUT2D eigenvalue weighted by molar-refractivity contribution is 0.166. The zero-order chi connectivity index (χ0) is 17.9.